The maximum atomic E-state index is 13.0. The van der Waals surface area contributed by atoms with E-state index < -0.39 is 10.0 Å². The molecule has 0 aliphatic carbocycles. The summed E-state index contributed by atoms with van der Waals surface area (Å²) in [6.07, 6.45) is 0.754. The summed E-state index contributed by atoms with van der Waals surface area (Å²) in [5.41, 5.74) is 1.63. The number of carbonyl (C=O) groups is 1. The number of anilines is 1. The zero-order valence-electron chi connectivity index (χ0n) is 17.4. The molecule has 0 bridgehead atoms. The van der Waals surface area contributed by atoms with Gasteiger partial charge in [0.05, 0.1) is 11.1 Å². The van der Waals surface area contributed by atoms with Crippen molar-refractivity contribution in [3.63, 3.8) is 0 Å². The van der Waals surface area contributed by atoms with E-state index in [0.29, 0.717) is 11.6 Å². The molecule has 0 aliphatic heterocycles. The number of hydrogen-bond acceptors (Lipinski definition) is 3. The van der Waals surface area contributed by atoms with Gasteiger partial charge in [-0.25, -0.2) is 8.42 Å². The van der Waals surface area contributed by atoms with Gasteiger partial charge in [0.15, 0.2) is 0 Å². The molecule has 0 unspecified atom stereocenters. The molecule has 1 atom stereocenters. The maximum absolute atomic E-state index is 13.0. The second-order valence-corrected chi connectivity index (χ2v) is 9.74. The van der Waals surface area contributed by atoms with Crippen molar-refractivity contribution in [3.8, 4) is 0 Å². The standard InChI is InChI=1S/C24H25ClN2O3S/c1-17(2)15-22(18-9-5-3-6-10-18)26-24(28)19-13-14-21(25)23(16-19)31(29,30)27-20-11-7-4-8-12-20/h3-14,16-17,22,27H,15H2,1-2H3,(H,26,28)/t22-/m1/s1. The van der Waals surface area contributed by atoms with E-state index in [2.05, 4.69) is 23.9 Å². The monoisotopic (exact) mass is 456 g/mol. The lowest BCUT2D eigenvalue weighted by Gasteiger charge is -2.21. The molecule has 3 aromatic carbocycles. The van der Waals surface area contributed by atoms with Crippen LogP contribution in [0.3, 0.4) is 0 Å². The number of amides is 1. The molecule has 162 valence electrons. The Kier molecular flexibility index (Phi) is 7.36. The number of para-hydroxylation sites is 1. The molecule has 0 spiro atoms. The van der Waals surface area contributed by atoms with Gasteiger partial charge in [0, 0.05) is 11.3 Å². The second kappa shape index (κ2) is 9.98. The van der Waals surface area contributed by atoms with Crippen LogP contribution in [0.1, 0.15) is 42.2 Å². The van der Waals surface area contributed by atoms with Crippen molar-refractivity contribution in [3.05, 3.63) is 95.0 Å². The molecule has 5 nitrogen and oxygen atoms in total. The molecule has 0 aromatic heterocycles. The van der Waals surface area contributed by atoms with E-state index in [1.807, 2.05) is 30.3 Å². The van der Waals surface area contributed by atoms with E-state index in [1.165, 1.54) is 18.2 Å². The van der Waals surface area contributed by atoms with Gasteiger partial charge in [0.25, 0.3) is 15.9 Å². The summed E-state index contributed by atoms with van der Waals surface area (Å²) >= 11 is 6.17. The molecule has 0 heterocycles. The smallest absolute Gasteiger partial charge is 0.263 e. The Morgan fingerprint density at radius 3 is 2.16 bits per heavy atom. The first kappa shape index (κ1) is 22.8. The van der Waals surface area contributed by atoms with Gasteiger partial charge in [0.1, 0.15) is 4.90 Å². The number of halogens is 1. The third-order valence-electron chi connectivity index (χ3n) is 4.72. The summed E-state index contributed by atoms with van der Waals surface area (Å²) in [4.78, 5) is 12.8. The fraction of sp³-hybridized carbons (Fsp3) is 0.208. The van der Waals surface area contributed by atoms with E-state index in [4.69, 9.17) is 11.6 Å². The van der Waals surface area contributed by atoms with Crippen LogP contribution in [0.4, 0.5) is 5.69 Å². The lowest BCUT2D eigenvalue weighted by molar-refractivity contribution is 0.0931. The number of hydrogen-bond donors (Lipinski definition) is 2. The van der Waals surface area contributed by atoms with Gasteiger partial charge in [0.2, 0.25) is 0 Å². The van der Waals surface area contributed by atoms with Gasteiger partial charge in [-0.2, -0.15) is 0 Å². The lowest BCUT2D eigenvalue weighted by atomic mass is 9.96. The van der Waals surface area contributed by atoms with Crippen molar-refractivity contribution >= 4 is 33.2 Å². The van der Waals surface area contributed by atoms with Crippen LogP contribution >= 0.6 is 11.6 Å². The minimum Gasteiger partial charge on any atom is -0.345 e. The molecule has 3 aromatic rings. The molecule has 0 fully saturated rings. The molecular weight excluding hydrogens is 432 g/mol. The predicted octanol–water partition coefficient (Wildman–Crippen LogP) is 5.66. The Hall–Kier alpha value is -2.83. The first-order valence-corrected chi connectivity index (χ1v) is 11.9. The van der Waals surface area contributed by atoms with Crippen LogP contribution < -0.4 is 10.0 Å². The SMILES string of the molecule is CC(C)C[C@@H](NC(=O)c1ccc(Cl)c(S(=O)(=O)Nc2ccccc2)c1)c1ccccc1. The highest BCUT2D eigenvalue weighted by atomic mass is 35.5. The summed E-state index contributed by atoms with van der Waals surface area (Å²) in [5, 5.41) is 3.07. The first-order valence-electron chi connectivity index (χ1n) is 9.99. The van der Waals surface area contributed by atoms with Crippen molar-refractivity contribution in [2.24, 2.45) is 5.92 Å². The van der Waals surface area contributed by atoms with Gasteiger partial charge in [-0.3, -0.25) is 9.52 Å². The van der Waals surface area contributed by atoms with Crippen molar-refractivity contribution < 1.29 is 13.2 Å². The van der Waals surface area contributed by atoms with E-state index in [9.17, 15) is 13.2 Å². The van der Waals surface area contributed by atoms with Gasteiger partial charge in [-0.15, -0.1) is 0 Å². The van der Waals surface area contributed by atoms with Gasteiger partial charge >= 0.3 is 0 Å². The Morgan fingerprint density at radius 1 is 0.935 bits per heavy atom. The van der Waals surface area contributed by atoms with E-state index >= 15 is 0 Å². The summed E-state index contributed by atoms with van der Waals surface area (Å²) in [6, 6.07) is 22.3. The van der Waals surface area contributed by atoms with Crippen LogP contribution in [0.5, 0.6) is 0 Å². The molecule has 7 heteroatoms. The summed E-state index contributed by atoms with van der Waals surface area (Å²) < 4.78 is 28.2. The largest absolute Gasteiger partial charge is 0.345 e. The molecule has 0 aliphatic rings. The van der Waals surface area contributed by atoms with Gasteiger partial charge < -0.3 is 5.32 Å². The highest BCUT2D eigenvalue weighted by Gasteiger charge is 2.22. The molecule has 31 heavy (non-hydrogen) atoms. The van der Waals surface area contributed by atoms with Crippen LogP contribution in [-0.2, 0) is 10.0 Å². The Labute approximate surface area is 188 Å². The van der Waals surface area contributed by atoms with Crippen LogP contribution in [0.2, 0.25) is 5.02 Å². The van der Waals surface area contributed by atoms with Gasteiger partial charge in [-0.05, 0) is 48.2 Å². The van der Waals surface area contributed by atoms with E-state index in [-0.39, 0.29) is 27.4 Å². The average Bonchev–Trinajstić information content (AvgIpc) is 2.74. The third-order valence-corrected chi connectivity index (χ3v) is 6.59. The molecule has 0 radical (unpaired) electrons. The normalized spacial score (nSPS) is 12.4. The van der Waals surface area contributed by atoms with Gasteiger partial charge in [-0.1, -0.05) is 74.0 Å². The summed E-state index contributed by atoms with van der Waals surface area (Å²) in [6.45, 7) is 4.18. The molecule has 0 saturated heterocycles. The molecule has 3 rings (SSSR count). The predicted molar refractivity (Wildman–Crippen MR) is 125 cm³/mol. The minimum atomic E-state index is -3.96. The van der Waals surface area contributed by atoms with Crippen molar-refractivity contribution in [1.82, 2.24) is 5.32 Å². The minimum absolute atomic E-state index is 0.0433. The lowest BCUT2D eigenvalue weighted by Crippen LogP contribution is -2.29. The molecule has 2 N–H and O–H groups in total. The van der Waals surface area contributed by atoms with E-state index in [1.54, 1.807) is 30.3 Å². The quantitative estimate of drug-likeness (QED) is 0.459. The number of rotatable bonds is 8. The van der Waals surface area contributed by atoms with E-state index in [0.717, 1.165) is 12.0 Å². The zero-order valence-corrected chi connectivity index (χ0v) is 19.0. The Bertz CT molecular complexity index is 1130. The fourth-order valence-electron chi connectivity index (χ4n) is 3.24. The average molecular weight is 457 g/mol. The first-order chi connectivity index (χ1) is 14.8. The highest BCUT2D eigenvalue weighted by molar-refractivity contribution is 7.92. The number of carbonyl (C=O) groups excluding carboxylic acids is 1. The zero-order chi connectivity index (χ0) is 22.4. The summed E-state index contributed by atoms with van der Waals surface area (Å²) in [7, 11) is -3.96. The highest BCUT2D eigenvalue weighted by Crippen LogP contribution is 2.26. The van der Waals surface area contributed by atoms with Crippen molar-refractivity contribution in [1.29, 1.82) is 0 Å². The maximum Gasteiger partial charge on any atom is 0.263 e. The summed E-state index contributed by atoms with van der Waals surface area (Å²) in [5.74, 6) is 0.00376. The Morgan fingerprint density at radius 2 is 1.55 bits per heavy atom. The number of sulfonamides is 1. The van der Waals surface area contributed by atoms with Crippen LogP contribution in [-0.4, -0.2) is 14.3 Å². The topological polar surface area (TPSA) is 75.3 Å². The number of nitrogens with one attached hydrogen (secondary N) is 2. The number of benzene rings is 3. The van der Waals surface area contributed by atoms with Crippen molar-refractivity contribution in [2.75, 3.05) is 4.72 Å². The second-order valence-electron chi connectivity index (χ2n) is 7.68. The third kappa shape index (κ3) is 6.09. The van der Waals surface area contributed by atoms with Crippen LogP contribution in [0, 0.1) is 5.92 Å². The van der Waals surface area contributed by atoms with Crippen molar-refractivity contribution in [2.45, 2.75) is 31.2 Å². The molecule has 1 amide bonds. The Balaban J connectivity index is 1.86. The fourth-order valence-corrected chi connectivity index (χ4v) is 4.83. The van der Waals surface area contributed by atoms with Crippen LogP contribution in [0.15, 0.2) is 83.8 Å². The molecule has 0 saturated carbocycles. The molecular formula is C24H25ClN2O3S. The van der Waals surface area contributed by atoms with Crippen LogP contribution in [0.25, 0.3) is 0 Å².